The molecule has 1 N–H and O–H groups in total. The summed E-state index contributed by atoms with van der Waals surface area (Å²) in [7, 11) is 1.60. The fourth-order valence-electron chi connectivity index (χ4n) is 2.93. The van der Waals surface area contributed by atoms with Crippen molar-refractivity contribution in [2.75, 3.05) is 19.0 Å². The molecule has 0 spiro atoms. The minimum Gasteiger partial charge on any atom is -0.497 e. The van der Waals surface area contributed by atoms with Crippen LogP contribution in [0, 0.1) is 0 Å². The van der Waals surface area contributed by atoms with Crippen molar-refractivity contribution in [1.29, 1.82) is 0 Å². The topological polar surface area (TPSA) is 67.6 Å². The van der Waals surface area contributed by atoms with Crippen LogP contribution in [0.4, 0.5) is 10.5 Å². The molecule has 0 radical (unpaired) electrons. The first-order chi connectivity index (χ1) is 11.6. The molecule has 2 aromatic rings. The fraction of sp³-hybridized carbons (Fsp3) is 0.444. The number of carbonyl (C=O) groups excluding carboxylic acids is 1. The van der Waals surface area contributed by atoms with Crippen LogP contribution >= 0.6 is 0 Å². The smallest absolute Gasteiger partial charge is 0.322 e. The first-order valence-corrected chi connectivity index (χ1v) is 8.26. The second kappa shape index (κ2) is 6.95. The normalized spacial score (nSPS) is 17.3. The van der Waals surface area contributed by atoms with Gasteiger partial charge in [0.25, 0.3) is 0 Å². The molecule has 2 amide bonds. The van der Waals surface area contributed by atoms with E-state index in [0.717, 1.165) is 24.3 Å². The lowest BCUT2D eigenvalue weighted by molar-refractivity contribution is 0.195. The summed E-state index contributed by atoms with van der Waals surface area (Å²) in [5.41, 5.74) is 1.63. The molecule has 1 unspecified atom stereocenters. The SMILES string of the molecule is COc1cccc(NC(=O)N2CCCC2c2cc(C(C)C)no2)c1. The van der Waals surface area contributed by atoms with Crippen LogP contribution in [0.1, 0.15) is 50.1 Å². The van der Waals surface area contributed by atoms with Crippen LogP contribution in [-0.2, 0) is 0 Å². The Morgan fingerprint density at radius 1 is 1.42 bits per heavy atom. The minimum atomic E-state index is -0.131. The lowest BCUT2D eigenvalue weighted by Gasteiger charge is -2.23. The van der Waals surface area contributed by atoms with E-state index in [0.29, 0.717) is 23.9 Å². The third kappa shape index (κ3) is 3.37. The van der Waals surface area contributed by atoms with Crippen LogP contribution in [0.3, 0.4) is 0 Å². The number of anilines is 1. The molecule has 1 aliphatic rings. The molecule has 1 atom stereocenters. The summed E-state index contributed by atoms with van der Waals surface area (Å²) >= 11 is 0. The van der Waals surface area contributed by atoms with Gasteiger partial charge < -0.3 is 19.5 Å². The maximum absolute atomic E-state index is 12.7. The molecule has 1 saturated heterocycles. The molecule has 1 aromatic carbocycles. The molecular weight excluding hydrogens is 306 g/mol. The fourth-order valence-corrected chi connectivity index (χ4v) is 2.93. The highest BCUT2D eigenvalue weighted by molar-refractivity contribution is 5.90. The molecule has 1 aliphatic heterocycles. The van der Waals surface area contributed by atoms with Crippen LogP contribution in [0.5, 0.6) is 5.75 Å². The Morgan fingerprint density at radius 2 is 2.25 bits per heavy atom. The van der Waals surface area contributed by atoms with Crippen molar-refractivity contribution in [1.82, 2.24) is 10.1 Å². The molecule has 6 nitrogen and oxygen atoms in total. The van der Waals surface area contributed by atoms with Gasteiger partial charge in [0.15, 0.2) is 5.76 Å². The Bertz CT molecular complexity index is 711. The van der Waals surface area contributed by atoms with Crippen molar-refractivity contribution in [3.63, 3.8) is 0 Å². The third-order valence-electron chi connectivity index (χ3n) is 4.30. The van der Waals surface area contributed by atoms with E-state index < -0.39 is 0 Å². The lowest BCUT2D eigenvalue weighted by Crippen LogP contribution is -2.34. The average molecular weight is 329 g/mol. The Kier molecular flexibility index (Phi) is 4.74. The number of amides is 2. The Balaban J connectivity index is 1.73. The Labute approximate surface area is 141 Å². The van der Waals surface area contributed by atoms with Crippen molar-refractivity contribution >= 4 is 11.7 Å². The van der Waals surface area contributed by atoms with Gasteiger partial charge >= 0.3 is 6.03 Å². The number of hydrogen-bond donors (Lipinski definition) is 1. The van der Waals surface area contributed by atoms with E-state index in [4.69, 9.17) is 9.26 Å². The molecule has 6 heteroatoms. The molecule has 2 heterocycles. The molecular formula is C18H23N3O3. The summed E-state index contributed by atoms with van der Waals surface area (Å²) in [5, 5.41) is 7.04. The van der Waals surface area contributed by atoms with Gasteiger partial charge in [-0.05, 0) is 30.9 Å². The number of likely N-dealkylation sites (tertiary alicyclic amines) is 1. The number of urea groups is 1. The third-order valence-corrected chi connectivity index (χ3v) is 4.30. The van der Waals surface area contributed by atoms with Gasteiger partial charge in [-0.15, -0.1) is 0 Å². The molecule has 0 bridgehead atoms. The zero-order chi connectivity index (χ0) is 17.1. The highest BCUT2D eigenvalue weighted by atomic mass is 16.5. The number of nitrogens with zero attached hydrogens (tertiary/aromatic N) is 2. The van der Waals surface area contributed by atoms with E-state index in [1.54, 1.807) is 13.2 Å². The molecule has 3 rings (SSSR count). The van der Waals surface area contributed by atoms with Crippen LogP contribution < -0.4 is 10.1 Å². The lowest BCUT2D eigenvalue weighted by atomic mass is 10.1. The summed E-state index contributed by atoms with van der Waals surface area (Å²) in [6.45, 7) is 4.85. The molecule has 1 aromatic heterocycles. The average Bonchev–Trinajstić information content (AvgIpc) is 3.23. The highest BCUT2D eigenvalue weighted by Crippen LogP contribution is 2.33. The molecule has 1 fully saturated rings. The number of ether oxygens (including phenoxy) is 1. The number of methoxy groups -OCH3 is 1. The van der Waals surface area contributed by atoms with Crippen molar-refractivity contribution in [2.24, 2.45) is 0 Å². The summed E-state index contributed by atoms with van der Waals surface area (Å²) < 4.78 is 10.7. The van der Waals surface area contributed by atoms with E-state index in [1.165, 1.54) is 0 Å². The van der Waals surface area contributed by atoms with Crippen molar-refractivity contribution in [2.45, 2.75) is 38.6 Å². The summed E-state index contributed by atoms with van der Waals surface area (Å²) in [5.74, 6) is 1.78. The van der Waals surface area contributed by atoms with Gasteiger partial charge in [-0.25, -0.2) is 4.79 Å². The summed E-state index contributed by atoms with van der Waals surface area (Å²) in [6.07, 6.45) is 1.84. The number of hydrogen-bond acceptors (Lipinski definition) is 4. The number of carbonyl (C=O) groups is 1. The molecule has 0 aliphatic carbocycles. The van der Waals surface area contributed by atoms with Crippen LogP contribution in [0.25, 0.3) is 0 Å². The van der Waals surface area contributed by atoms with Crippen molar-refractivity contribution in [3.8, 4) is 5.75 Å². The van der Waals surface area contributed by atoms with Gasteiger partial charge in [0.1, 0.15) is 5.75 Å². The standard InChI is InChI=1S/C18H23N3O3/c1-12(2)15-11-17(24-20-15)16-8-5-9-21(16)18(22)19-13-6-4-7-14(10-13)23-3/h4,6-7,10-12,16H,5,8-9H2,1-3H3,(H,19,22). The van der Waals surface area contributed by atoms with E-state index in [1.807, 2.05) is 29.2 Å². The Morgan fingerprint density at radius 3 is 2.96 bits per heavy atom. The van der Waals surface area contributed by atoms with Crippen LogP contribution in [0.2, 0.25) is 0 Å². The van der Waals surface area contributed by atoms with E-state index in [2.05, 4.69) is 24.3 Å². The molecule has 0 saturated carbocycles. The monoisotopic (exact) mass is 329 g/mol. The summed E-state index contributed by atoms with van der Waals surface area (Å²) in [6, 6.07) is 9.11. The van der Waals surface area contributed by atoms with Gasteiger partial charge in [0, 0.05) is 24.4 Å². The predicted octanol–water partition coefficient (Wildman–Crippen LogP) is 4.18. The van der Waals surface area contributed by atoms with Crippen LogP contribution in [0.15, 0.2) is 34.9 Å². The number of benzene rings is 1. The summed E-state index contributed by atoms with van der Waals surface area (Å²) in [4.78, 5) is 14.5. The van der Waals surface area contributed by atoms with Crippen molar-refractivity contribution < 1.29 is 14.1 Å². The van der Waals surface area contributed by atoms with Gasteiger partial charge in [0.05, 0.1) is 18.8 Å². The van der Waals surface area contributed by atoms with E-state index in [9.17, 15) is 4.79 Å². The zero-order valence-corrected chi connectivity index (χ0v) is 14.3. The predicted molar refractivity (Wildman–Crippen MR) is 91.3 cm³/mol. The van der Waals surface area contributed by atoms with E-state index >= 15 is 0 Å². The highest BCUT2D eigenvalue weighted by Gasteiger charge is 2.33. The van der Waals surface area contributed by atoms with Gasteiger partial charge in [-0.1, -0.05) is 25.1 Å². The van der Waals surface area contributed by atoms with Crippen LogP contribution in [-0.4, -0.2) is 29.7 Å². The second-order valence-electron chi connectivity index (χ2n) is 6.32. The number of nitrogens with one attached hydrogen (secondary N) is 1. The largest absolute Gasteiger partial charge is 0.497 e. The maximum Gasteiger partial charge on any atom is 0.322 e. The number of rotatable bonds is 4. The minimum absolute atomic E-state index is 0.0596. The van der Waals surface area contributed by atoms with Gasteiger partial charge in [0.2, 0.25) is 0 Å². The van der Waals surface area contributed by atoms with Gasteiger partial charge in [-0.3, -0.25) is 0 Å². The Hall–Kier alpha value is -2.50. The maximum atomic E-state index is 12.7. The van der Waals surface area contributed by atoms with Gasteiger partial charge in [-0.2, -0.15) is 0 Å². The quantitative estimate of drug-likeness (QED) is 0.914. The van der Waals surface area contributed by atoms with Crippen molar-refractivity contribution in [3.05, 3.63) is 41.8 Å². The molecule has 24 heavy (non-hydrogen) atoms. The van der Waals surface area contributed by atoms with E-state index in [-0.39, 0.29) is 12.1 Å². The second-order valence-corrected chi connectivity index (χ2v) is 6.32. The number of aromatic nitrogens is 1. The first kappa shape index (κ1) is 16.4. The first-order valence-electron chi connectivity index (χ1n) is 8.26. The molecule has 128 valence electrons. The zero-order valence-electron chi connectivity index (χ0n) is 14.3.